The molecule has 0 radical (unpaired) electrons. The van der Waals surface area contributed by atoms with Crippen LogP contribution in [0.3, 0.4) is 0 Å². The molecule has 0 spiro atoms. The first-order chi connectivity index (χ1) is 13.4. The molecule has 0 fully saturated rings. The minimum atomic E-state index is -0.208. The lowest BCUT2D eigenvalue weighted by molar-refractivity contribution is 0.209. The van der Waals surface area contributed by atoms with Crippen molar-refractivity contribution in [2.24, 2.45) is 0 Å². The second kappa shape index (κ2) is 9.01. The average molecular weight is 416 g/mol. The maximum absolute atomic E-state index is 6.27. The fraction of sp³-hybridized carbons (Fsp3) is 0.364. The number of hydrogen-bond acceptors (Lipinski definition) is 4. The molecule has 0 bridgehead atoms. The lowest BCUT2D eigenvalue weighted by Gasteiger charge is -2.17. The molecule has 28 heavy (non-hydrogen) atoms. The first-order valence-electron chi connectivity index (χ1n) is 9.44. The third-order valence-corrected chi connectivity index (χ3v) is 6.38. The highest BCUT2D eigenvalue weighted by atomic mass is 35.5. The van der Waals surface area contributed by atoms with Gasteiger partial charge in [0.1, 0.15) is 5.75 Å². The van der Waals surface area contributed by atoms with E-state index in [9.17, 15) is 0 Å². The molecule has 0 aliphatic rings. The summed E-state index contributed by atoms with van der Waals surface area (Å²) in [6, 6.07) is 12.4. The Kier molecular flexibility index (Phi) is 6.68. The summed E-state index contributed by atoms with van der Waals surface area (Å²) in [6.07, 6.45) is -0.208. The van der Waals surface area contributed by atoms with E-state index in [1.165, 1.54) is 11.1 Å². The zero-order valence-corrected chi connectivity index (χ0v) is 18.6. The SMILES string of the molecule is CCn1c(SCc2ccccc2C)nnc1C(C)Oc1cc(C)c(Cl)c(C)c1. The molecule has 1 atom stereocenters. The summed E-state index contributed by atoms with van der Waals surface area (Å²) in [6.45, 7) is 11.0. The molecule has 4 nitrogen and oxygen atoms in total. The van der Waals surface area contributed by atoms with Crippen molar-refractivity contribution in [2.45, 2.75) is 58.2 Å². The van der Waals surface area contributed by atoms with Gasteiger partial charge in [0.05, 0.1) is 0 Å². The monoisotopic (exact) mass is 415 g/mol. The highest BCUT2D eigenvalue weighted by molar-refractivity contribution is 7.98. The van der Waals surface area contributed by atoms with Crippen LogP contribution in [0.4, 0.5) is 0 Å². The Bertz CT molecular complexity index is 947. The fourth-order valence-corrected chi connectivity index (χ4v) is 4.34. The van der Waals surface area contributed by atoms with Gasteiger partial charge < -0.3 is 9.30 Å². The molecule has 0 aliphatic carbocycles. The molecule has 6 heteroatoms. The lowest BCUT2D eigenvalue weighted by Crippen LogP contribution is -2.12. The van der Waals surface area contributed by atoms with Crippen molar-refractivity contribution in [3.8, 4) is 5.75 Å². The van der Waals surface area contributed by atoms with Crippen molar-refractivity contribution in [1.82, 2.24) is 14.8 Å². The Morgan fingerprint density at radius 3 is 2.39 bits per heavy atom. The number of aromatic nitrogens is 3. The van der Waals surface area contributed by atoms with Crippen molar-refractivity contribution >= 4 is 23.4 Å². The smallest absolute Gasteiger partial charge is 0.191 e. The first-order valence-corrected chi connectivity index (χ1v) is 10.8. The molecular formula is C22H26ClN3OS. The van der Waals surface area contributed by atoms with Crippen LogP contribution in [0.15, 0.2) is 41.6 Å². The average Bonchev–Trinajstić information content (AvgIpc) is 3.08. The maximum atomic E-state index is 6.27. The fourth-order valence-electron chi connectivity index (χ4n) is 3.15. The predicted octanol–water partition coefficient (Wildman–Crippen LogP) is 6.31. The number of halogens is 1. The van der Waals surface area contributed by atoms with Gasteiger partial charge in [0.15, 0.2) is 17.1 Å². The number of hydrogen-bond donors (Lipinski definition) is 0. The van der Waals surface area contributed by atoms with Crippen LogP contribution in [-0.2, 0) is 12.3 Å². The van der Waals surface area contributed by atoms with Crippen LogP contribution in [0.25, 0.3) is 0 Å². The predicted molar refractivity (Wildman–Crippen MR) is 116 cm³/mol. The third-order valence-electron chi connectivity index (χ3n) is 4.77. The van der Waals surface area contributed by atoms with Gasteiger partial charge in [0.2, 0.25) is 0 Å². The Hall–Kier alpha value is -1.98. The molecule has 148 valence electrons. The van der Waals surface area contributed by atoms with E-state index in [0.29, 0.717) is 0 Å². The third kappa shape index (κ3) is 4.53. The molecule has 0 saturated heterocycles. The van der Waals surface area contributed by atoms with Gasteiger partial charge in [-0.2, -0.15) is 0 Å². The minimum absolute atomic E-state index is 0.208. The minimum Gasteiger partial charge on any atom is -0.483 e. The summed E-state index contributed by atoms with van der Waals surface area (Å²) in [7, 11) is 0. The zero-order valence-electron chi connectivity index (χ0n) is 17.0. The second-order valence-corrected chi connectivity index (χ2v) is 8.25. The summed E-state index contributed by atoms with van der Waals surface area (Å²) >= 11 is 7.97. The second-order valence-electron chi connectivity index (χ2n) is 6.93. The highest BCUT2D eigenvalue weighted by Gasteiger charge is 2.19. The van der Waals surface area contributed by atoms with E-state index in [-0.39, 0.29) is 6.10 Å². The van der Waals surface area contributed by atoms with E-state index in [2.05, 4.69) is 52.9 Å². The van der Waals surface area contributed by atoms with Gasteiger partial charge in [-0.15, -0.1) is 10.2 Å². The van der Waals surface area contributed by atoms with Gasteiger partial charge >= 0.3 is 0 Å². The Balaban J connectivity index is 1.76. The normalized spacial score (nSPS) is 12.2. The van der Waals surface area contributed by atoms with Gasteiger partial charge in [-0.25, -0.2) is 0 Å². The van der Waals surface area contributed by atoms with Crippen molar-refractivity contribution in [1.29, 1.82) is 0 Å². The van der Waals surface area contributed by atoms with Crippen molar-refractivity contribution < 1.29 is 4.74 Å². The van der Waals surface area contributed by atoms with Crippen molar-refractivity contribution in [3.05, 3.63) is 69.5 Å². The summed E-state index contributed by atoms with van der Waals surface area (Å²) in [5.74, 6) is 2.50. The molecule has 3 aromatic rings. The van der Waals surface area contributed by atoms with Gasteiger partial charge in [-0.3, -0.25) is 0 Å². The quantitative estimate of drug-likeness (QED) is 0.424. The maximum Gasteiger partial charge on any atom is 0.191 e. The van der Waals surface area contributed by atoms with Crippen LogP contribution >= 0.6 is 23.4 Å². The largest absolute Gasteiger partial charge is 0.483 e. The molecule has 1 heterocycles. The van der Waals surface area contributed by atoms with E-state index in [1.807, 2.05) is 32.9 Å². The van der Waals surface area contributed by atoms with E-state index in [0.717, 1.165) is 45.2 Å². The van der Waals surface area contributed by atoms with Crippen LogP contribution in [-0.4, -0.2) is 14.8 Å². The number of aryl methyl sites for hydroxylation is 3. The Morgan fingerprint density at radius 1 is 1.07 bits per heavy atom. The molecule has 0 aliphatic heterocycles. The summed E-state index contributed by atoms with van der Waals surface area (Å²) in [5.41, 5.74) is 4.63. The number of benzene rings is 2. The number of thioether (sulfide) groups is 1. The zero-order chi connectivity index (χ0) is 20.3. The standard InChI is InChI=1S/C22H26ClN3OS/c1-6-26-21(17(5)27-19-11-15(3)20(23)16(4)12-19)24-25-22(26)28-13-18-10-8-7-9-14(18)2/h7-12,17H,6,13H2,1-5H3. The van der Waals surface area contributed by atoms with E-state index in [1.54, 1.807) is 11.8 Å². The molecule has 2 aromatic carbocycles. The van der Waals surface area contributed by atoms with E-state index >= 15 is 0 Å². The summed E-state index contributed by atoms with van der Waals surface area (Å²) in [5, 5.41) is 10.5. The molecule has 1 unspecified atom stereocenters. The van der Waals surface area contributed by atoms with Crippen LogP contribution in [0.5, 0.6) is 5.75 Å². The lowest BCUT2D eigenvalue weighted by atomic mass is 10.1. The van der Waals surface area contributed by atoms with Crippen molar-refractivity contribution in [3.63, 3.8) is 0 Å². The van der Waals surface area contributed by atoms with Crippen LogP contribution in [0, 0.1) is 20.8 Å². The molecule has 1 aromatic heterocycles. The first kappa shape index (κ1) is 20.7. The van der Waals surface area contributed by atoms with Gasteiger partial charge in [-0.05, 0) is 69.0 Å². The Morgan fingerprint density at radius 2 is 1.75 bits per heavy atom. The molecule has 0 N–H and O–H groups in total. The van der Waals surface area contributed by atoms with Gasteiger partial charge in [-0.1, -0.05) is 47.6 Å². The summed E-state index contributed by atoms with van der Waals surface area (Å²) < 4.78 is 8.29. The molecule has 3 rings (SSSR count). The van der Waals surface area contributed by atoms with Crippen LogP contribution in [0.1, 0.15) is 48.0 Å². The Labute approximate surface area is 176 Å². The van der Waals surface area contributed by atoms with Crippen LogP contribution in [0.2, 0.25) is 5.02 Å². The number of ether oxygens (including phenoxy) is 1. The van der Waals surface area contributed by atoms with E-state index in [4.69, 9.17) is 16.3 Å². The molecular weight excluding hydrogens is 390 g/mol. The van der Waals surface area contributed by atoms with Crippen LogP contribution < -0.4 is 4.74 Å². The topological polar surface area (TPSA) is 39.9 Å². The molecule has 0 saturated carbocycles. The van der Waals surface area contributed by atoms with Gasteiger partial charge in [0, 0.05) is 17.3 Å². The van der Waals surface area contributed by atoms with E-state index < -0.39 is 0 Å². The number of nitrogens with zero attached hydrogens (tertiary/aromatic N) is 3. The number of rotatable bonds is 7. The van der Waals surface area contributed by atoms with Gasteiger partial charge in [0.25, 0.3) is 0 Å². The molecule has 0 amide bonds. The summed E-state index contributed by atoms with van der Waals surface area (Å²) in [4.78, 5) is 0. The van der Waals surface area contributed by atoms with Crippen molar-refractivity contribution in [2.75, 3.05) is 0 Å². The highest BCUT2D eigenvalue weighted by Crippen LogP contribution is 2.30.